The molecule has 0 bridgehead atoms. The molecular weight excluding hydrogens is 289 g/mol. The fourth-order valence-electron chi connectivity index (χ4n) is 2.23. The van der Waals surface area contributed by atoms with Crippen molar-refractivity contribution in [2.75, 3.05) is 6.54 Å². The van der Waals surface area contributed by atoms with E-state index in [0.717, 1.165) is 12.8 Å². The molecule has 0 aromatic heterocycles. The van der Waals surface area contributed by atoms with Crippen molar-refractivity contribution in [3.63, 3.8) is 0 Å². The minimum Gasteiger partial charge on any atom is -0.480 e. The van der Waals surface area contributed by atoms with Crippen LogP contribution < -0.4 is 0 Å². The first kappa shape index (κ1) is 14.2. The van der Waals surface area contributed by atoms with Crippen LogP contribution in [-0.2, 0) is 4.79 Å². The van der Waals surface area contributed by atoms with Gasteiger partial charge in [0.1, 0.15) is 6.04 Å². The molecule has 19 heavy (non-hydrogen) atoms. The molecule has 0 aliphatic carbocycles. The number of carboxylic acid groups (broad SMARTS) is 1. The van der Waals surface area contributed by atoms with Crippen molar-refractivity contribution in [3.8, 4) is 0 Å². The van der Waals surface area contributed by atoms with Crippen LogP contribution in [0.3, 0.4) is 0 Å². The highest BCUT2D eigenvalue weighted by Crippen LogP contribution is 2.25. The van der Waals surface area contributed by atoms with E-state index in [1.54, 1.807) is 6.07 Å². The van der Waals surface area contributed by atoms with Gasteiger partial charge in [0.15, 0.2) is 0 Å². The maximum Gasteiger partial charge on any atom is 0.326 e. The minimum absolute atomic E-state index is 0.288. The minimum atomic E-state index is -0.965. The first-order chi connectivity index (χ1) is 9.00. The maximum absolute atomic E-state index is 12.3. The van der Waals surface area contributed by atoms with Gasteiger partial charge in [-0.05, 0) is 37.5 Å². The first-order valence-corrected chi connectivity index (χ1v) is 6.75. The van der Waals surface area contributed by atoms with Gasteiger partial charge in [0, 0.05) is 12.1 Å². The van der Waals surface area contributed by atoms with E-state index in [-0.39, 0.29) is 10.9 Å². The maximum atomic E-state index is 12.3. The number of benzene rings is 1. The van der Waals surface area contributed by atoms with Crippen LogP contribution in [0.5, 0.6) is 0 Å². The quantitative estimate of drug-likeness (QED) is 0.913. The summed E-state index contributed by atoms with van der Waals surface area (Å²) in [6.07, 6.45) is 2.13. The zero-order valence-corrected chi connectivity index (χ0v) is 11.6. The van der Waals surface area contributed by atoms with Crippen molar-refractivity contribution in [3.05, 3.63) is 33.8 Å². The molecule has 4 nitrogen and oxygen atoms in total. The SMILES string of the molecule is O=C(O)[C@H]1CCCCN1C(=O)c1ccc(Cl)c(Cl)c1. The van der Waals surface area contributed by atoms with Gasteiger partial charge in [-0.3, -0.25) is 4.79 Å². The van der Waals surface area contributed by atoms with Crippen LogP contribution in [-0.4, -0.2) is 34.5 Å². The summed E-state index contributed by atoms with van der Waals surface area (Å²) in [4.78, 5) is 24.9. The highest BCUT2D eigenvalue weighted by Gasteiger charge is 2.32. The molecule has 1 aliphatic rings. The summed E-state index contributed by atoms with van der Waals surface area (Å²) in [7, 11) is 0. The predicted octanol–water partition coefficient (Wildman–Crippen LogP) is 3.07. The standard InChI is InChI=1S/C13H13Cl2NO3/c14-9-5-4-8(7-10(9)15)12(17)16-6-2-1-3-11(16)13(18)19/h4-5,7,11H,1-3,6H2,(H,18,19)/t11-/m1/s1. The van der Waals surface area contributed by atoms with E-state index in [9.17, 15) is 9.59 Å². The number of hydrogen-bond acceptors (Lipinski definition) is 2. The van der Waals surface area contributed by atoms with Crippen molar-refractivity contribution in [2.45, 2.75) is 25.3 Å². The number of carbonyl (C=O) groups is 2. The number of likely N-dealkylation sites (tertiary alicyclic amines) is 1. The average Bonchev–Trinajstić information content (AvgIpc) is 2.41. The van der Waals surface area contributed by atoms with Gasteiger partial charge in [-0.2, -0.15) is 0 Å². The Bertz CT molecular complexity index is 519. The topological polar surface area (TPSA) is 57.6 Å². The summed E-state index contributed by atoms with van der Waals surface area (Å²) in [6.45, 7) is 0.454. The Kier molecular flexibility index (Phi) is 4.32. The molecule has 0 spiro atoms. The van der Waals surface area contributed by atoms with E-state index in [2.05, 4.69) is 0 Å². The monoisotopic (exact) mass is 301 g/mol. The summed E-state index contributed by atoms with van der Waals surface area (Å²) < 4.78 is 0. The molecule has 1 aliphatic heterocycles. The van der Waals surface area contributed by atoms with E-state index >= 15 is 0 Å². The van der Waals surface area contributed by atoms with Crippen molar-refractivity contribution < 1.29 is 14.7 Å². The molecule has 1 aromatic rings. The second kappa shape index (κ2) is 5.80. The van der Waals surface area contributed by atoms with Crippen LogP contribution in [0.2, 0.25) is 10.0 Å². The Labute approximate surface area is 120 Å². The highest BCUT2D eigenvalue weighted by atomic mass is 35.5. The van der Waals surface area contributed by atoms with E-state index in [1.165, 1.54) is 17.0 Å². The molecule has 1 heterocycles. The fraction of sp³-hybridized carbons (Fsp3) is 0.385. The zero-order valence-electron chi connectivity index (χ0n) is 10.1. The molecule has 1 fully saturated rings. The fourth-order valence-corrected chi connectivity index (χ4v) is 2.52. The van der Waals surface area contributed by atoms with Gasteiger partial charge in [-0.15, -0.1) is 0 Å². The van der Waals surface area contributed by atoms with Gasteiger partial charge < -0.3 is 10.0 Å². The number of halogens is 2. The summed E-state index contributed by atoms with van der Waals surface area (Å²) in [5.74, 6) is -1.28. The molecule has 0 saturated carbocycles. The molecule has 1 saturated heterocycles. The van der Waals surface area contributed by atoms with Crippen LogP contribution in [0, 0.1) is 0 Å². The third-order valence-corrected chi connectivity index (χ3v) is 3.95. The van der Waals surface area contributed by atoms with Gasteiger partial charge in [-0.1, -0.05) is 23.2 Å². The summed E-state index contributed by atoms with van der Waals surface area (Å²) in [5, 5.41) is 9.82. The number of carbonyl (C=O) groups excluding carboxylic acids is 1. The smallest absolute Gasteiger partial charge is 0.326 e. The Morgan fingerprint density at radius 1 is 1.21 bits per heavy atom. The summed E-state index contributed by atoms with van der Waals surface area (Å²) in [6, 6.07) is 3.82. The molecule has 1 amide bonds. The summed E-state index contributed by atoms with van der Waals surface area (Å²) >= 11 is 11.7. The van der Waals surface area contributed by atoms with E-state index in [0.29, 0.717) is 23.6 Å². The Balaban J connectivity index is 2.26. The lowest BCUT2D eigenvalue weighted by atomic mass is 10.0. The molecule has 0 unspecified atom stereocenters. The van der Waals surface area contributed by atoms with E-state index in [1.807, 2.05) is 0 Å². The molecule has 102 valence electrons. The van der Waals surface area contributed by atoms with Gasteiger partial charge in [-0.25, -0.2) is 4.79 Å². The molecule has 1 aromatic carbocycles. The second-order valence-corrected chi connectivity index (χ2v) is 5.29. The Morgan fingerprint density at radius 2 is 1.95 bits per heavy atom. The highest BCUT2D eigenvalue weighted by molar-refractivity contribution is 6.42. The number of hydrogen-bond donors (Lipinski definition) is 1. The first-order valence-electron chi connectivity index (χ1n) is 5.99. The molecular formula is C13H13Cl2NO3. The van der Waals surface area contributed by atoms with Crippen LogP contribution in [0.4, 0.5) is 0 Å². The van der Waals surface area contributed by atoms with Crippen LogP contribution in [0.15, 0.2) is 18.2 Å². The van der Waals surface area contributed by atoms with E-state index in [4.69, 9.17) is 28.3 Å². The molecule has 6 heteroatoms. The number of nitrogens with zero attached hydrogens (tertiary/aromatic N) is 1. The summed E-state index contributed by atoms with van der Waals surface area (Å²) in [5.41, 5.74) is 0.363. The van der Waals surface area contributed by atoms with Gasteiger partial charge >= 0.3 is 5.97 Å². The lowest BCUT2D eigenvalue weighted by Crippen LogP contribution is -2.47. The third-order valence-electron chi connectivity index (χ3n) is 3.22. The van der Waals surface area contributed by atoms with Gasteiger partial charge in [0.05, 0.1) is 10.0 Å². The van der Waals surface area contributed by atoms with E-state index < -0.39 is 12.0 Å². The van der Waals surface area contributed by atoms with Crippen LogP contribution in [0.1, 0.15) is 29.6 Å². The molecule has 1 atom stereocenters. The van der Waals surface area contributed by atoms with Crippen molar-refractivity contribution >= 4 is 35.1 Å². The predicted molar refractivity (Wildman–Crippen MR) is 72.8 cm³/mol. The van der Waals surface area contributed by atoms with Gasteiger partial charge in [0.2, 0.25) is 0 Å². The molecule has 1 N–H and O–H groups in total. The van der Waals surface area contributed by atoms with Crippen molar-refractivity contribution in [1.29, 1.82) is 0 Å². The van der Waals surface area contributed by atoms with Gasteiger partial charge in [0.25, 0.3) is 5.91 Å². The lowest BCUT2D eigenvalue weighted by molar-refractivity contribution is -0.143. The third kappa shape index (κ3) is 3.01. The lowest BCUT2D eigenvalue weighted by Gasteiger charge is -2.33. The van der Waals surface area contributed by atoms with Crippen molar-refractivity contribution in [1.82, 2.24) is 4.90 Å². The number of piperidine rings is 1. The Morgan fingerprint density at radius 3 is 2.58 bits per heavy atom. The number of aliphatic carboxylic acids is 1. The Hall–Kier alpha value is -1.26. The number of rotatable bonds is 2. The number of amides is 1. The largest absolute Gasteiger partial charge is 0.480 e. The molecule has 2 rings (SSSR count). The van der Waals surface area contributed by atoms with Crippen LogP contribution >= 0.6 is 23.2 Å². The second-order valence-electron chi connectivity index (χ2n) is 4.48. The zero-order chi connectivity index (χ0) is 14.0. The number of carboxylic acids is 1. The normalized spacial score (nSPS) is 19.3. The average molecular weight is 302 g/mol. The van der Waals surface area contributed by atoms with Crippen LogP contribution in [0.25, 0.3) is 0 Å². The van der Waals surface area contributed by atoms with Crippen molar-refractivity contribution in [2.24, 2.45) is 0 Å². The molecule has 0 radical (unpaired) electrons.